The smallest absolute Gasteiger partial charge is 0.253 e. The van der Waals surface area contributed by atoms with E-state index in [0.29, 0.717) is 6.42 Å². The second kappa shape index (κ2) is 11.5. The van der Waals surface area contributed by atoms with E-state index < -0.39 is 0 Å². The van der Waals surface area contributed by atoms with Crippen molar-refractivity contribution in [2.24, 2.45) is 5.92 Å². The van der Waals surface area contributed by atoms with Gasteiger partial charge in [-0.25, -0.2) is 0 Å². The van der Waals surface area contributed by atoms with Gasteiger partial charge in [-0.05, 0) is 87.3 Å². The van der Waals surface area contributed by atoms with E-state index in [0.717, 1.165) is 68.1 Å². The summed E-state index contributed by atoms with van der Waals surface area (Å²) >= 11 is 0. The van der Waals surface area contributed by atoms with Crippen LogP contribution in [0.15, 0.2) is 30.3 Å². The normalized spacial score (nSPS) is 20.0. The summed E-state index contributed by atoms with van der Waals surface area (Å²) in [7, 11) is 3.91. The molecule has 0 spiro atoms. The zero-order chi connectivity index (χ0) is 26.8. The van der Waals surface area contributed by atoms with Gasteiger partial charge in [0.15, 0.2) is 0 Å². The van der Waals surface area contributed by atoms with Gasteiger partial charge < -0.3 is 14.7 Å². The van der Waals surface area contributed by atoms with Gasteiger partial charge in [-0.1, -0.05) is 31.7 Å². The predicted octanol–water partition coefficient (Wildman–Crippen LogP) is 5.86. The Hall–Kier alpha value is -2.89. The number of piperidine rings is 1. The van der Waals surface area contributed by atoms with E-state index in [1.54, 1.807) is 0 Å². The first-order chi connectivity index (χ1) is 18.3. The molecule has 1 saturated carbocycles. The van der Waals surface area contributed by atoms with Crippen LogP contribution in [0.5, 0.6) is 0 Å². The van der Waals surface area contributed by atoms with E-state index in [2.05, 4.69) is 34.1 Å². The molecule has 38 heavy (non-hydrogen) atoms. The fraction of sp³-hybridized carbons (Fsp3) is 0.594. The van der Waals surface area contributed by atoms with E-state index in [1.165, 1.54) is 42.5 Å². The zero-order valence-electron chi connectivity index (χ0n) is 23.7. The van der Waals surface area contributed by atoms with Gasteiger partial charge in [-0.15, -0.1) is 0 Å². The van der Waals surface area contributed by atoms with Crippen LogP contribution >= 0.6 is 0 Å². The number of carbonyl (C=O) groups excluding carboxylic acids is 2. The van der Waals surface area contributed by atoms with Crippen molar-refractivity contribution < 1.29 is 9.59 Å². The van der Waals surface area contributed by atoms with Crippen molar-refractivity contribution in [3.8, 4) is 0 Å². The van der Waals surface area contributed by atoms with Crippen LogP contribution in [0.1, 0.15) is 96.7 Å². The SMILES string of the molecule is Cc1cc(N2CCC(N(C)C(=O)c3ccc4c(c3)C(N(C)C(=O)CCC3CCCC3)CC4)CC2)cc(C)n1. The highest BCUT2D eigenvalue weighted by Gasteiger charge is 2.31. The molecule has 1 atom stereocenters. The Balaban J connectivity index is 1.20. The molecular formula is C32H44N4O2. The minimum atomic E-state index is 0.0784. The number of fused-ring (bicyclic) bond motifs is 1. The Morgan fingerprint density at radius 3 is 2.29 bits per heavy atom. The molecule has 1 aliphatic heterocycles. The molecule has 2 heterocycles. The van der Waals surface area contributed by atoms with Gasteiger partial charge in [0.2, 0.25) is 5.91 Å². The van der Waals surface area contributed by atoms with Crippen molar-refractivity contribution in [3.63, 3.8) is 0 Å². The third kappa shape index (κ3) is 5.74. The molecule has 1 unspecified atom stereocenters. The topological polar surface area (TPSA) is 56.8 Å². The van der Waals surface area contributed by atoms with Crippen LogP contribution in [0.2, 0.25) is 0 Å². The summed E-state index contributed by atoms with van der Waals surface area (Å²) in [6.07, 6.45) is 10.7. The summed E-state index contributed by atoms with van der Waals surface area (Å²) in [5, 5.41) is 0. The summed E-state index contributed by atoms with van der Waals surface area (Å²) in [6.45, 7) is 5.96. The lowest BCUT2D eigenvalue weighted by molar-refractivity contribution is -0.132. The number of benzene rings is 1. The average molecular weight is 517 g/mol. The molecule has 2 aliphatic carbocycles. The second-order valence-corrected chi connectivity index (χ2v) is 11.9. The van der Waals surface area contributed by atoms with E-state index in [4.69, 9.17) is 0 Å². The maximum atomic E-state index is 13.6. The molecule has 1 aromatic carbocycles. The van der Waals surface area contributed by atoms with Gasteiger partial charge in [-0.3, -0.25) is 14.6 Å². The van der Waals surface area contributed by atoms with Crippen LogP contribution in [0.4, 0.5) is 5.69 Å². The number of amides is 2. The van der Waals surface area contributed by atoms with Gasteiger partial charge >= 0.3 is 0 Å². The van der Waals surface area contributed by atoms with Gasteiger partial charge in [0, 0.05) is 62.3 Å². The molecule has 2 aromatic rings. The zero-order valence-corrected chi connectivity index (χ0v) is 23.7. The summed E-state index contributed by atoms with van der Waals surface area (Å²) in [6, 6.07) is 10.8. The molecule has 1 aromatic heterocycles. The summed E-state index contributed by atoms with van der Waals surface area (Å²) < 4.78 is 0. The first-order valence-electron chi connectivity index (χ1n) is 14.7. The van der Waals surface area contributed by atoms with Crippen molar-refractivity contribution in [2.75, 3.05) is 32.1 Å². The van der Waals surface area contributed by atoms with Crippen LogP contribution in [0.25, 0.3) is 0 Å². The molecule has 2 amide bonds. The van der Waals surface area contributed by atoms with E-state index in [-0.39, 0.29) is 23.9 Å². The second-order valence-electron chi connectivity index (χ2n) is 11.9. The number of aromatic nitrogens is 1. The van der Waals surface area contributed by atoms with Crippen molar-refractivity contribution in [3.05, 3.63) is 58.4 Å². The first kappa shape index (κ1) is 26.7. The number of hydrogen-bond acceptors (Lipinski definition) is 4. The highest BCUT2D eigenvalue weighted by Crippen LogP contribution is 2.37. The number of nitrogens with zero attached hydrogens (tertiary/aromatic N) is 4. The fourth-order valence-corrected chi connectivity index (χ4v) is 6.97. The standard InChI is InChI=1S/C32H44N4O2/c1-22-19-28(20-23(2)33-22)36-17-15-27(16-18-36)34(3)32(38)26-11-10-25-12-13-30(29(25)21-26)35(4)31(37)14-9-24-7-5-6-8-24/h10-11,19-21,24,27,30H,5-9,12-18H2,1-4H3. The third-order valence-electron chi connectivity index (χ3n) is 9.30. The predicted molar refractivity (Wildman–Crippen MR) is 153 cm³/mol. The van der Waals surface area contributed by atoms with Crippen LogP contribution in [0.3, 0.4) is 0 Å². The molecule has 6 nitrogen and oxygen atoms in total. The van der Waals surface area contributed by atoms with E-state index >= 15 is 0 Å². The lowest BCUT2D eigenvalue weighted by Crippen LogP contribution is -2.45. The number of rotatable bonds is 7. The maximum Gasteiger partial charge on any atom is 0.253 e. The third-order valence-corrected chi connectivity index (χ3v) is 9.30. The summed E-state index contributed by atoms with van der Waals surface area (Å²) in [4.78, 5) is 37.4. The minimum absolute atomic E-state index is 0.0784. The number of pyridine rings is 1. The van der Waals surface area contributed by atoms with Gasteiger partial charge in [0.1, 0.15) is 0 Å². The minimum Gasteiger partial charge on any atom is -0.371 e. The lowest BCUT2D eigenvalue weighted by Gasteiger charge is -2.38. The van der Waals surface area contributed by atoms with Crippen LogP contribution in [-0.2, 0) is 11.2 Å². The van der Waals surface area contributed by atoms with Crippen LogP contribution < -0.4 is 4.90 Å². The molecule has 2 fully saturated rings. The highest BCUT2D eigenvalue weighted by atomic mass is 16.2. The van der Waals surface area contributed by atoms with Crippen molar-refractivity contribution in [1.29, 1.82) is 0 Å². The van der Waals surface area contributed by atoms with E-state index in [1.807, 2.05) is 43.8 Å². The van der Waals surface area contributed by atoms with Crippen LogP contribution in [-0.4, -0.2) is 59.8 Å². The first-order valence-corrected chi connectivity index (χ1v) is 14.7. The van der Waals surface area contributed by atoms with Gasteiger partial charge in [-0.2, -0.15) is 0 Å². The molecule has 1 saturated heterocycles. The van der Waals surface area contributed by atoms with Gasteiger partial charge in [0.05, 0.1) is 6.04 Å². The molecule has 3 aliphatic rings. The Kier molecular flexibility index (Phi) is 8.06. The summed E-state index contributed by atoms with van der Waals surface area (Å²) in [5.74, 6) is 1.06. The Morgan fingerprint density at radius 2 is 1.61 bits per heavy atom. The molecule has 5 rings (SSSR count). The maximum absolute atomic E-state index is 13.6. The number of carbonyl (C=O) groups is 2. The molecule has 0 N–H and O–H groups in total. The molecule has 0 radical (unpaired) electrons. The van der Waals surface area contributed by atoms with Crippen LogP contribution in [0, 0.1) is 19.8 Å². The largest absolute Gasteiger partial charge is 0.371 e. The monoisotopic (exact) mass is 516 g/mol. The number of aryl methyl sites for hydroxylation is 3. The van der Waals surface area contributed by atoms with E-state index in [9.17, 15) is 9.59 Å². The lowest BCUT2D eigenvalue weighted by atomic mass is 9.99. The van der Waals surface area contributed by atoms with Crippen molar-refractivity contribution in [2.45, 2.75) is 90.1 Å². The molecule has 204 valence electrons. The van der Waals surface area contributed by atoms with Crippen molar-refractivity contribution in [1.82, 2.24) is 14.8 Å². The fourth-order valence-electron chi connectivity index (χ4n) is 6.97. The van der Waals surface area contributed by atoms with Gasteiger partial charge in [0.25, 0.3) is 5.91 Å². The Labute approximate surface area is 228 Å². The molecular weight excluding hydrogens is 472 g/mol. The van der Waals surface area contributed by atoms with Crippen molar-refractivity contribution >= 4 is 17.5 Å². The number of anilines is 1. The highest BCUT2D eigenvalue weighted by molar-refractivity contribution is 5.94. The Bertz CT molecular complexity index is 1140. The quantitative estimate of drug-likeness (QED) is 0.463. The number of hydrogen-bond donors (Lipinski definition) is 0. The summed E-state index contributed by atoms with van der Waals surface area (Å²) in [5.41, 5.74) is 6.51. The molecule has 6 heteroatoms. The molecule has 0 bridgehead atoms. The average Bonchev–Trinajstić information content (AvgIpc) is 3.60. The Morgan fingerprint density at radius 1 is 0.921 bits per heavy atom.